The van der Waals surface area contributed by atoms with Gasteiger partial charge >= 0.3 is 0 Å². The number of hydrogen-bond donors (Lipinski definition) is 0. The van der Waals surface area contributed by atoms with Gasteiger partial charge in [-0.2, -0.15) is 0 Å². The van der Waals surface area contributed by atoms with Gasteiger partial charge in [0.1, 0.15) is 11.1 Å². The maximum absolute atomic E-state index is 5.70. The number of nitrogens with zero attached hydrogens (tertiary/aromatic N) is 1. The molecule has 1 unspecified atom stereocenters. The van der Waals surface area contributed by atoms with Gasteiger partial charge in [0.25, 0.3) is 0 Å². The molecule has 1 fully saturated rings. The monoisotopic (exact) mass is 339 g/mol. The molecule has 0 saturated carbocycles. The van der Waals surface area contributed by atoms with Gasteiger partial charge in [0.2, 0.25) is 0 Å². The van der Waals surface area contributed by atoms with Crippen molar-refractivity contribution in [1.29, 1.82) is 0 Å². The summed E-state index contributed by atoms with van der Waals surface area (Å²) in [5.41, 5.74) is 2.18. The number of ether oxygens (including phenoxy) is 2. The van der Waals surface area contributed by atoms with Crippen molar-refractivity contribution < 1.29 is 9.47 Å². The first-order valence-electron chi connectivity index (χ1n) is 6.16. The summed E-state index contributed by atoms with van der Waals surface area (Å²) in [6, 6.07) is 8.23. The van der Waals surface area contributed by atoms with Crippen LogP contribution in [0.5, 0.6) is 0 Å². The Labute approximate surface area is 124 Å². The molecule has 1 aliphatic heterocycles. The molecule has 19 heavy (non-hydrogen) atoms. The zero-order valence-electron chi connectivity index (χ0n) is 10.6. The van der Waals surface area contributed by atoms with Gasteiger partial charge in [0, 0.05) is 14.9 Å². The third kappa shape index (κ3) is 2.89. The highest BCUT2D eigenvalue weighted by atomic mass is 79.9. The minimum absolute atomic E-state index is 0.0124. The van der Waals surface area contributed by atoms with E-state index in [2.05, 4.69) is 35.0 Å². The molecule has 1 aromatic heterocycles. The molecular weight excluding hydrogens is 326 g/mol. The van der Waals surface area contributed by atoms with Crippen molar-refractivity contribution >= 4 is 27.3 Å². The summed E-state index contributed by atoms with van der Waals surface area (Å²) in [5, 5.41) is 1.01. The van der Waals surface area contributed by atoms with Crippen molar-refractivity contribution in [2.75, 3.05) is 19.8 Å². The molecule has 2 aromatic rings. The van der Waals surface area contributed by atoms with E-state index in [1.165, 1.54) is 4.88 Å². The van der Waals surface area contributed by atoms with E-state index in [0.717, 1.165) is 20.7 Å². The quantitative estimate of drug-likeness (QED) is 0.829. The lowest BCUT2D eigenvalue weighted by Gasteiger charge is -2.20. The first-order chi connectivity index (χ1) is 9.24. The molecule has 0 spiro atoms. The van der Waals surface area contributed by atoms with Crippen molar-refractivity contribution in [2.24, 2.45) is 0 Å². The standard InChI is InChI=1S/C14H14BrNO2S/c1-9-13(10-2-4-11(15)5-3-10)16-14(19-9)12-8-17-6-7-18-12/h2-5,12H,6-8H2,1H3. The van der Waals surface area contributed by atoms with Crippen LogP contribution < -0.4 is 0 Å². The fraction of sp³-hybridized carbons (Fsp3) is 0.357. The Morgan fingerprint density at radius 2 is 2.05 bits per heavy atom. The summed E-state index contributed by atoms with van der Waals surface area (Å²) >= 11 is 5.14. The van der Waals surface area contributed by atoms with Crippen molar-refractivity contribution in [3.05, 3.63) is 38.6 Å². The Bertz CT molecular complexity index is 561. The Balaban J connectivity index is 1.90. The maximum atomic E-state index is 5.70. The molecule has 0 amide bonds. The van der Waals surface area contributed by atoms with Crippen molar-refractivity contribution in [2.45, 2.75) is 13.0 Å². The molecule has 1 aromatic carbocycles. The highest BCUT2D eigenvalue weighted by molar-refractivity contribution is 9.10. The van der Waals surface area contributed by atoms with E-state index in [0.29, 0.717) is 19.8 Å². The third-order valence-corrected chi connectivity index (χ3v) is 4.61. The zero-order valence-corrected chi connectivity index (χ0v) is 13.0. The first kappa shape index (κ1) is 13.2. The molecule has 0 bridgehead atoms. The van der Waals surface area contributed by atoms with Crippen molar-refractivity contribution in [3.63, 3.8) is 0 Å². The molecule has 0 aliphatic carbocycles. The van der Waals surface area contributed by atoms with Crippen LogP contribution >= 0.6 is 27.3 Å². The lowest BCUT2D eigenvalue weighted by Crippen LogP contribution is -2.21. The number of aryl methyl sites for hydroxylation is 1. The molecule has 3 nitrogen and oxygen atoms in total. The average molecular weight is 340 g/mol. The number of benzene rings is 1. The molecule has 1 aliphatic rings. The minimum Gasteiger partial charge on any atom is -0.376 e. The topological polar surface area (TPSA) is 31.4 Å². The van der Waals surface area contributed by atoms with Gasteiger partial charge in [-0.3, -0.25) is 0 Å². The van der Waals surface area contributed by atoms with Gasteiger partial charge in [-0.25, -0.2) is 4.98 Å². The van der Waals surface area contributed by atoms with E-state index in [-0.39, 0.29) is 6.10 Å². The van der Waals surface area contributed by atoms with E-state index in [1.807, 2.05) is 12.1 Å². The molecule has 1 atom stereocenters. The summed E-state index contributed by atoms with van der Waals surface area (Å²) < 4.78 is 12.2. The van der Waals surface area contributed by atoms with Gasteiger partial charge in [-0.05, 0) is 19.1 Å². The number of halogens is 1. The summed E-state index contributed by atoms with van der Waals surface area (Å²) in [6.45, 7) is 4.03. The van der Waals surface area contributed by atoms with Gasteiger partial charge in [0.05, 0.1) is 25.5 Å². The number of rotatable bonds is 2. The molecule has 0 radical (unpaired) electrons. The molecule has 3 rings (SSSR count). The van der Waals surface area contributed by atoms with E-state index in [9.17, 15) is 0 Å². The summed E-state index contributed by atoms with van der Waals surface area (Å²) in [4.78, 5) is 5.95. The Hall–Kier alpha value is -0.750. The minimum atomic E-state index is -0.0124. The Kier molecular flexibility index (Phi) is 3.98. The van der Waals surface area contributed by atoms with Gasteiger partial charge in [0.15, 0.2) is 0 Å². The van der Waals surface area contributed by atoms with Crippen LogP contribution in [0, 0.1) is 6.92 Å². The first-order valence-corrected chi connectivity index (χ1v) is 7.77. The lowest BCUT2D eigenvalue weighted by molar-refractivity contribution is -0.0901. The normalized spacial score (nSPS) is 19.6. The van der Waals surface area contributed by atoms with Crippen molar-refractivity contribution in [1.82, 2.24) is 4.98 Å². The molecular formula is C14H14BrNO2S. The second-order valence-electron chi connectivity index (χ2n) is 4.40. The molecule has 0 N–H and O–H groups in total. The van der Waals surface area contributed by atoms with Crippen LogP contribution in [0.4, 0.5) is 0 Å². The fourth-order valence-corrected chi connectivity index (χ4v) is 3.30. The molecule has 5 heteroatoms. The van der Waals surface area contributed by atoms with E-state index in [4.69, 9.17) is 14.5 Å². The van der Waals surface area contributed by atoms with Gasteiger partial charge < -0.3 is 9.47 Å². The zero-order chi connectivity index (χ0) is 13.2. The van der Waals surface area contributed by atoms with Crippen LogP contribution in [0.25, 0.3) is 11.3 Å². The Morgan fingerprint density at radius 3 is 2.74 bits per heavy atom. The van der Waals surface area contributed by atoms with Gasteiger partial charge in [-0.15, -0.1) is 11.3 Å². The van der Waals surface area contributed by atoms with Crippen LogP contribution in [0.3, 0.4) is 0 Å². The van der Waals surface area contributed by atoms with Crippen molar-refractivity contribution in [3.8, 4) is 11.3 Å². The number of thiazole rings is 1. The predicted molar refractivity (Wildman–Crippen MR) is 79.5 cm³/mol. The summed E-state index contributed by atoms with van der Waals surface area (Å²) in [7, 11) is 0. The highest BCUT2D eigenvalue weighted by Crippen LogP contribution is 2.33. The van der Waals surface area contributed by atoms with E-state index >= 15 is 0 Å². The lowest BCUT2D eigenvalue weighted by atomic mass is 10.1. The number of aromatic nitrogens is 1. The van der Waals surface area contributed by atoms with E-state index < -0.39 is 0 Å². The molecule has 100 valence electrons. The fourth-order valence-electron chi connectivity index (χ4n) is 2.06. The van der Waals surface area contributed by atoms with E-state index in [1.54, 1.807) is 11.3 Å². The van der Waals surface area contributed by atoms with Crippen LogP contribution in [0.15, 0.2) is 28.7 Å². The van der Waals surface area contributed by atoms with Crippen LogP contribution in [-0.4, -0.2) is 24.8 Å². The molecule has 1 saturated heterocycles. The highest BCUT2D eigenvalue weighted by Gasteiger charge is 2.21. The van der Waals surface area contributed by atoms with Crippen LogP contribution in [0.2, 0.25) is 0 Å². The largest absolute Gasteiger partial charge is 0.376 e. The smallest absolute Gasteiger partial charge is 0.132 e. The second-order valence-corrected chi connectivity index (χ2v) is 6.55. The summed E-state index contributed by atoms with van der Waals surface area (Å²) in [6.07, 6.45) is -0.0124. The molecule has 2 heterocycles. The van der Waals surface area contributed by atoms with Crippen LogP contribution in [-0.2, 0) is 9.47 Å². The van der Waals surface area contributed by atoms with Gasteiger partial charge in [-0.1, -0.05) is 28.1 Å². The van der Waals surface area contributed by atoms with Crippen LogP contribution in [0.1, 0.15) is 16.0 Å². The third-order valence-electron chi connectivity index (χ3n) is 3.02. The average Bonchev–Trinajstić information content (AvgIpc) is 2.83. The maximum Gasteiger partial charge on any atom is 0.132 e. The summed E-state index contributed by atoms with van der Waals surface area (Å²) in [5.74, 6) is 0. The second kappa shape index (κ2) is 5.71. The number of hydrogen-bond acceptors (Lipinski definition) is 4. The predicted octanol–water partition coefficient (Wildman–Crippen LogP) is 3.97. The SMILES string of the molecule is Cc1sc(C2COCCO2)nc1-c1ccc(Br)cc1. The Morgan fingerprint density at radius 1 is 1.26 bits per heavy atom.